The van der Waals surface area contributed by atoms with Gasteiger partial charge in [-0.1, -0.05) is 0 Å². The molecule has 0 aromatic heterocycles. The van der Waals surface area contributed by atoms with E-state index < -0.39 is 0 Å². The summed E-state index contributed by atoms with van der Waals surface area (Å²) in [7, 11) is 0. The van der Waals surface area contributed by atoms with Crippen molar-refractivity contribution in [2.75, 3.05) is 19.7 Å². The predicted octanol–water partition coefficient (Wildman–Crippen LogP) is 0.644. The van der Waals surface area contributed by atoms with Gasteiger partial charge in [0.15, 0.2) is 0 Å². The van der Waals surface area contributed by atoms with E-state index in [1.165, 1.54) is 0 Å². The van der Waals surface area contributed by atoms with E-state index in [-0.39, 0.29) is 6.10 Å². The van der Waals surface area contributed by atoms with Crippen molar-refractivity contribution in [2.24, 2.45) is 5.92 Å². The second-order valence-electron chi connectivity index (χ2n) is 3.74. The number of morpholine rings is 1. The Labute approximate surface area is 72.7 Å². The molecule has 2 fully saturated rings. The Morgan fingerprint density at radius 2 is 2.25 bits per heavy atom. The minimum atomic E-state index is 0.224. The number of carbonyl (C=O) groups is 1. The fraction of sp³-hybridized carbons (Fsp3) is 0.889. The third-order valence-corrected chi connectivity index (χ3v) is 2.48. The first-order valence-corrected chi connectivity index (χ1v) is 4.68. The van der Waals surface area contributed by atoms with E-state index in [1.54, 1.807) is 0 Å². The summed E-state index contributed by atoms with van der Waals surface area (Å²) in [5.41, 5.74) is 0. The first-order valence-electron chi connectivity index (χ1n) is 4.68. The molecule has 12 heavy (non-hydrogen) atoms. The normalized spacial score (nSPS) is 30.4. The topological polar surface area (TPSA) is 29.5 Å². The summed E-state index contributed by atoms with van der Waals surface area (Å²) in [5, 5.41) is 0. The zero-order valence-electron chi connectivity index (χ0n) is 7.45. The molecule has 1 saturated carbocycles. The van der Waals surface area contributed by atoms with Crippen LogP contribution in [-0.2, 0) is 9.53 Å². The van der Waals surface area contributed by atoms with Gasteiger partial charge in [-0.25, -0.2) is 0 Å². The second kappa shape index (κ2) is 3.05. The van der Waals surface area contributed by atoms with E-state index in [0.29, 0.717) is 18.4 Å². The second-order valence-corrected chi connectivity index (χ2v) is 3.74. The molecule has 3 nitrogen and oxygen atoms in total. The smallest absolute Gasteiger partial charge is 0.225 e. The van der Waals surface area contributed by atoms with Gasteiger partial charge < -0.3 is 9.64 Å². The van der Waals surface area contributed by atoms with E-state index >= 15 is 0 Å². The number of hydrogen-bond donors (Lipinski definition) is 0. The fourth-order valence-electron chi connectivity index (χ4n) is 1.61. The largest absolute Gasteiger partial charge is 0.375 e. The lowest BCUT2D eigenvalue weighted by molar-refractivity contribution is -0.139. The molecule has 0 N–H and O–H groups in total. The first-order chi connectivity index (χ1) is 5.77. The molecule has 2 aliphatic rings. The van der Waals surface area contributed by atoms with Crippen LogP contribution in [0, 0.1) is 5.92 Å². The van der Waals surface area contributed by atoms with Crippen LogP contribution in [0.5, 0.6) is 0 Å². The molecule has 1 aliphatic carbocycles. The van der Waals surface area contributed by atoms with Crippen molar-refractivity contribution in [1.82, 2.24) is 4.90 Å². The summed E-state index contributed by atoms with van der Waals surface area (Å²) in [5.74, 6) is 0.709. The molecular formula is C9H15NO2. The quantitative estimate of drug-likeness (QED) is 0.576. The van der Waals surface area contributed by atoms with Crippen molar-refractivity contribution in [3.05, 3.63) is 0 Å². The van der Waals surface area contributed by atoms with Crippen LogP contribution in [-0.4, -0.2) is 36.6 Å². The molecule has 1 heterocycles. The lowest BCUT2D eigenvalue weighted by atomic mass is 10.2. The van der Waals surface area contributed by atoms with Crippen LogP contribution >= 0.6 is 0 Å². The minimum absolute atomic E-state index is 0.224. The summed E-state index contributed by atoms with van der Waals surface area (Å²) in [6, 6.07) is 0. The summed E-state index contributed by atoms with van der Waals surface area (Å²) in [6.07, 6.45) is 2.43. The Kier molecular flexibility index (Phi) is 2.05. The van der Waals surface area contributed by atoms with Gasteiger partial charge in [-0.05, 0) is 19.8 Å². The van der Waals surface area contributed by atoms with Crippen LogP contribution in [0.2, 0.25) is 0 Å². The summed E-state index contributed by atoms with van der Waals surface area (Å²) in [6.45, 7) is 4.31. The van der Waals surface area contributed by atoms with E-state index in [0.717, 1.165) is 25.9 Å². The maximum absolute atomic E-state index is 11.6. The molecule has 1 amide bonds. The Morgan fingerprint density at radius 1 is 1.50 bits per heavy atom. The number of amides is 1. The van der Waals surface area contributed by atoms with E-state index in [9.17, 15) is 4.79 Å². The Bertz CT molecular complexity index is 189. The number of nitrogens with zero attached hydrogens (tertiary/aromatic N) is 1. The van der Waals surface area contributed by atoms with Gasteiger partial charge in [0, 0.05) is 19.0 Å². The summed E-state index contributed by atoms with van der Waals surface area (Å²) < 4.78 is 5.36. The van der Waals surface area contributed by atoms with Crippen LogP contribution in [0.25, 0.3) is 0 Å². The highest BCUT2D eigenvalue weighted by Gasteiger charge is 2.34. The molecule has 3 heteroatoms. The standard InChI is InChI=1S/C9H15NO2/c1-7-6-10(4-5-12-7)9(11)8-2-3-8/h7-8H,2-6H2,1H3. The van der Waals surface area contributed by atoms with E-state index in [1.807, 2.05) is 11.8 Å². The van der Waals surface area contributed by atoms with Crippen LogP contribution < -0.4 is 0 Å². The van der Waals surface area contributed by atoms with E-state index in [2.05, 4.69) is 0 Å². The van der Waals surface area contributed by atoms with Crippen LogP contribution in [0.3, 0.4) is 0 Å². The van der Waals surface area contributed by atoms with Crippen molar-refractivity contribution in [2.45, 2.75) is 25.9 Å². The van der Waals surface area contributed by atoms with Crippen LogP contribution in [0.4, 0.5) is 0 Å². The van der Waals surface area contributed by atoms with Gasteiger partial charge in [-0.2, -0.15) is 0 Å². The number of rotatable bonds is 1. The average Bonchev–Trinajstić information content (AvgIpc) is 2.85. The molecule has 0 aromatic carbocycles. The van der Waals surface area contributed by atoms with Crippen molar-refractivity contribution in [3.8, 4) is 0 Å². The first kappa shape index (κ1) is 8.05. The lowest BCUT2D eigenvalue weighted by Gasteiger charge is -2.31. The summed E-state index contributed by atoms with van der Waals surface area (Å²) >= 11 is 0. The predicted molar refractivity (Wildman–Crippen MR) is 44.7 cm³/mol. The highest BCUT2D eigenvalue weighted by molar-refractivity contribution is 5.81. The summed E-state index contributed by atoms with van der Waals surface area (Å²) in [4.78, 5) is 13.5. The third-order valence-electron chi connectivity index (χ3n) is 2.48. The van der Waals surface area contributed by atoms with Crippen LogP contribution in [0.1, 0.15) is 19.8 Å². The van der Waals surface area contributed by atoms with Gasteiger partial charge in [0.1, 0.15) is 0 Å². The van der Waals surface area contributed by atoms with Gasteiger partial charge in [0.25, 0.3) is 0 Å². The zero-order valence-corrected chi connectivity index (χ0v) is 7.45. The Hall–Kier alpha value is -0.570. The average molecular weight is 169 g/mol. The lowest BCUT2D eigenvalue weighted by Crippen LogP contribution is -2.45. The van der Waals surface area contributed by atoms with Crippen molar-refractivity contribution in [3.63, 3.8) is 0 Å². The Morgan fingerprint density at radius 3 is 2.83 bits per heavy atom. The van der Waals surface area contributed by atoms with Gasteiger partial charge in [0.2, 0.25) is 5.91 Å². The Balaban J connectivity index is 1.89. The molecular weight excluding hydrogens is 154 g/mol. The maximum Gasteiger partial charge on any atom is 0.225 e. The molecule has 0 aromatic rings. The zero-order chi connectivity index (χ0) is 8.55. The molecule has 68 valence electrons. The van der Waals surface area contributed by atoms with Crippen LogP contribution in [0.15, 0.2) is 0 Å². The van der Waals surface area contributed by atoms with E-state index in [4.69, 9.17) is 4.74 Å². The van der Waals surface area contributed by atoms with Gasteiger partial charge in [0.05, 0.1) is 12.7 Å². The van der Waals surface area contributed by atoms with Crippen molar-refractivity contribution >= 4 is 5.91 Å². The highest BCUT2D eigenvalue weighted by atomic mass is 16.5. The van der Waals surface area contributed by atoms with Gasteiger partial charge in [-0.15, -0.1) is 0 Å². The third kappa shape index (κ3) is 1.61. The minimum Gasteiger partial charge on any atom is -0.375 e. The molecule has 1 aliphatic heterocycles. The molecule has 0 bridgehead atoms. The highest BCUT2D eigenvalue weighted by Crippen LogP contribution is 2.31. The molecule has 0 radical (unpaired) electrons. The molecule has 1 atom stereocenters. The SMILES string of the molecule is CC1CN(C(=O)C2CC2)CCO1. The maximum atomic E-state index is 11.6. The van der Waals surface area contributed by atoms with Gasteiger partial charge in [-0.3, -0.25) is 4.79 Å². The number of ether oxygens (including phenoxy) is 1. The fourth-order valence-corrected chi connectivity index (χ4v) is 1.61. The molecule has 2 rings (SSSR count). The monoisotopic (exact) mass is 169 g/mol. The number of hydrogen-bond acceptors (Lipinski definition) is 2. The van der Waals surface area contributed by atoms with Crippen molar-refractivity contribution < 1.29 is 9.53 Å². The molecule has 1 saturated heterocycles. The molecule has 1 unspecified atom stereocenters. The number of carbonyl (C=O) groups excluding carboxylic acids is 1. The van der Waals surface area contributed by atoms with Crippen molar-refractivity contribution in [1.29, 1.82) is 0 Å². The molecule has 0 spiro atoms. The van der Waals surface area contributed by atoms with Gasteiger partial charge >= 0.3 is 0 Å².